The van der Waals surface area contributed by atoms with Crippen molar-refractivity contribution in [3.05, 3.63) is 82.5 Å². The summed E-state index contributed by atoms with van der Waals surface area (Å²) in [7, 11) is 1.55. The van der Waals surface area contributed by atoms with E-state index in [-0.39, 0.29) is 37.4 Å². The lowest BCUT2D eigenvalue weighted by Crippen LogP contribution is -2.44. The zero-order valence-electron chi connectivity index (χ0n) is 25.2. The first-order valence-corrected chi connectivity index (χ1v) is 15.6. The lowest BCUT2D eigenvalue weighted by Gasteiger charge is -2.37. The van der Waals surface area contributed by atoms with E-state index in [0.717, 1.165) is 12.0 Å². The van der Waals surface area contributed by atoms with Gasteiger partial charge in [0.25, 0.3) is 0 Å². The number of esters is 2. The van der Waals surface area contributed by atoms with E-state index in [2.05, 4.69) is 0 Å². The van der Waals surface area contributed by atoms with Crippen molar-refractivity contribution in [2.24, 2.45) is 10.9 Å². The third-order valence-electron chi connectivity index (χ3n) is 7.62. The minimum absolute atomic E-state index is 0.0866. The van der Waals surface area contributed by atoms with Gasteiger partial charge in [0.2, 0.25) is 5.91 Å². The molecule has 1 saturated heterocycles. The summed E-state index contributed by atoms with van der Waals surface area (Å²) in [6, 6.07) is 16.4. The number of amidine groups is 1. The van der Waals surface area contributed by atoms with Crippen molar-refractivity contribution in [1.82, 2.24) is 9.80 Å². The monoisotopic (exact) mass is 619 g/mol. The van der Waals surface area contributed by atoms with E-state index in [1.165, 1.54) is 11.8 Å². The van der Waals surface area contributed by atoms with Gasteiger partial charge in [0.15, 0.2) is 5.17 Å². The number of hydrogen-bond acceptors (Lipinski definition) is 10. The molecule has 3 aliphatic heterocycles. The number of carbonyl (C=O) groups excluding carboxylic acids is 3. The van der Waals surface area contributed by atoms with Crippen LogP contribution in [0.15, 0.2) is 82.0 Å². The minimum Gasteiger partial charge on any atom is -0.466 e. The summed E-state index contributed by atoms with van der Waals surface area (Å²) in [5.41, 5.74) is 2.42. The Morgan fingerprint density at radius 2 is 1.82 bits per heavy atom. The summed E-state index contributed by atoms with van der Waals surface area (Å²) in [5, 5.41) is 2.58. The fourth-order valence-corrected chi connectivity index (χ4v) is 6.50. The number of carbonyl (C=O) groups is 3. The van der Waals surface area contributed by atoms with Crippen LogP contribution in [0.1, 0.15) is 44.7 Å². The van der Waals surface area contributed by atoms with Crippen molar-refractivity contribution in [3.63, 3.8) is 0 Å². The van der Waals surface area contributed by atoms with Gasteiger partial charge in [0, 0.05) is 25.9 Å². The molecular formula is C33H37N3O7S. The lowest BCUT2D eigenvalue weighted by molar-refractivity contribution is -0.151. The van der Waals surface area contributed by atoms with Crippen molar-refractivity contribution in [1.29, 1.82) is 0 Å². The van der Waals surface area contributed by atoms with Crippen molar-refractivity contribution >= 4 is 34.8 Å². The summed E-state index contributed by atoms with van der Waals surface area (Å²) in [6.45, 7) is 5.15. The minimum atomic E-state index is -0.612. The van der Waals surface area contributed by atoms with E-state index >= 15 is 0 Å². The summed E-state index contributed by atoms with van der Waals surface area (Å²) in [4.78, 5) is 48.0. The normalized spacial score (nSPS) is 19.6. The number of amides is 1. The van der Waals surface area contributed by atoms with E-state index < -0.39 is 12.0 Å². The van der Waals surface area contributed by atoms with E-state index in [1.807, 2.05) is 64.9 Å². The number of methoxy groups -OCH3 is 1. The van der Waals surface area contributed by atoms with Crippen LogP contribution in [0.25, 0.3) is 0 Å². The number of aliphatic imine (C=N–C) groups is 1. The fraction of sp³-hybridized carbons (Fsp3) is 0.394. The molecule has 0 saturated carbocycles. The van der Waals surface area contributed by atoms with Gasteiger partial charge in [-0.2, -0.15) is 0 Å². The number of para-hydroxylation sites is 1. The van der Waals surface area contributed by atoms with Gasteiger partial charge in [0.1, 0.15) is 18.1 Å². The average molecular weight is 620 g/mol. The number of allylic oxidation sites excluding steroid dienone is 1. The molecule has 232 valence electrons. The number of benzene rings is 2. The maximum absolute atomic E-state index is 13.6. The van der Waals surface area contributed by atoms with Crippen LogP contribution in [0.5, 0.6) is 11.5 Å². The van der Waals surface area contributed by atoms with Gasteiger partial charge in [0.05, 0.1) is 42.9 Å². The van der Waals surface area contributed by atoms with Crippen molar-refractivity contribution in [3.8, 4) is 11.5 Å². The Kier molecular flexibility index (Phi) is 10.4. The Morgan fingerprint density at radius 1 is 1.02 bits per heavy atom. The van der Waals surface area contributed by atoms with Crippen LogP contribution >= 0.6 is 11.8 Å². The Labute approximate surface area is 261 Å². The van der Waals surface area contributed by atoms with Crippen LogP contribution in [-0.4, -0.2) is 72.8 Å². The Balaban J connectivity index is 1.43. The molecule has 0 radical (unpaired) electrons. The predicted molar refractivity (Wildman–Crippen MR) is 167 cm³/mol. The standard InChI is InChI=1S/C33H37N3O7S/c1-4-41-31(38)24-11-9-15-35(20-24)28(37)19-25-21-44-33-34-22(2)29(32(39)42-17-16-40-3)30(36(25)33)23-10-8-14-27(18-23)43-26-12-6-5-7-13-26/h5-8,10,12-14,18,21,24,30H,4,9,11,15-17,19-20H2,1-3H3/t24-,30-/m0/s1. The molecule has 0 bridgehead atoms. The molecule has 0 spiro atoms. The van der Waals surface area contributed by atoms with Crippen LogP contribution in [-0.2, 0) is 28.6 Å². The summed E-state index contributed by atoms with van der Waals surface area (Å²) < 4.78 is 22.0. The summed E-state index contributed by atoms with van der Waals surface area (Å²) in [5.74, 6) is 0.105. The maximum atomic E-state index is 13.6. The van der Waals surface area contributed by atoms with E-state index in [9.17, 15) is 14.4 Å². The van der Waals surface area contributed by atoms with Gasteiger partial charge in [-0.15, -0.1) is 0 Å². The molecule has 1 fully saturated rings. The van der Waals surface area contributed by atoms with Crippen molar-refractivity contribution in [2.75, 3.05) is 40.0 Å². The second kappa shape index (κ2) is 14.6. The Morgan fingerprint density at radius 3 is 2.59 bits per heavy atom. The van der Waals surface area contributed by atoms with E-state index in [0.29, 0.717) is 59.8 Å². The van der Waals surface area contributed by atoms with Crippen LogP contribution in [0, 0.1) is 5.92 Å². The predicted octanol–water partition coefficient (Wildman–Crippen LogP) is 5.44. The average Bonchev–Trinajstić information content (AvgIpc) is 3.42. The highest BCUT2D eigenvalue weighted by molar-refractivity contribution is 8.16. The number of hydrogen-bond donors (Lipinski definition) is 0. The van der Waals surface area contributed by atoms with Gasteiger partial charge in [-0.3, -0.25) is 9.59 Å². The number of piperidine rings is 1. The molecule has 3 heterocycles. The molecule has 5 rings (SSSR count). The van der Waals surface area contributed by atoms with E-state index in [4.69, 9.17) is 23.9 Å². The molecule has 2 aromatic carbocycles. The van der Waals surface area contributed by atoms with Crippen molar-refractivity contribution in [2.45, 2.75) is 39.2 Å². The number of nitrogens with zero attached hydrogens (tertiary/aromatic N) is 3. The number of ether oxygens (including phenoxy) is 4. The number of rotatable bonds is 11. The van der Waals surface area contributed by atoms with Crippen LogP contribution in [0.3, 0.4) is 0 Å². The highest BCUT2D eigenvalue weighted by atomic mass is 32.2. The van der Waals surface area contributed by atoms with Crippen LogP contribution in [0.2, 0.25) is 0 Å². The molecule has 11 heteroatoms. The van der Waals surface area contributed by atoms with Crippen LogP contribution < -0.4 is 4.74 Å². The molecule has 2 aromatic rings. The van der Waals surface area contributed by atoms with Gasteiger partial charge in [-0.1, -0.05) is 42.1 Å². The van der Waals surface area contributed by atoms with Gasteiger partial charge < -0.3 is 28.7 Å². The first-order valence-electron chi connectivity index (χ1n) is 14.8. The quantitative estimate of drug-likeness (QED) is 0.240. The molecule has 0 aliphatic carbocycles. The first kappa shape index (κ1) is 31.3. The largest absolute Gasteiger partial charge is 0.466 e. The number of likely N-dealkylation sites (tertiary alicyclic amines) is 1. The van der Waals surface area contributed by atoms with E-state index in [1.54, 1.807) is 25.9 Å². The molecule has 1 amide bonds. The molecule has 44 heavy (non-hydrogen) atoms. The smallest absolute Gasteiger partial charge is 0.338 e. The third-order valence-corrected chi connectivity index (χ3v) is 8.51. The highest BCUT2D eigenvalue weighted by Crippen LogP contribution is 2.45. The first-order chi connectivity index (χ1) is 21.4. The maximum Gasteiger partial charge on any atom is 0.338 e. The second-order valence-corrected chi connectivity index (χ2v) is 11.5. The topological polar surface area (TPSA) is 107 Å². The third kappa shape index (κ3) is 7.16. The SMILES string of the molecule is CCOC(=O)[C@H]1CCCN(C(=O)CC2=CSC3=NC(C)=C(C(=O)OCCOC)[C@H](c4cccc(Oc5ccccc5)c4)N23)C1. The molecule has 0 unspecified atom stereocenters. The Hall–Kier alpha value is -4.09. The van der Waals surface area contributed by atoms with Gasteiger partial charge in [-0.25, -0.2) is 9.79 Å². The zero-order chi connectivity index (χ0) is 31.1. The number of thioether (sulfide) groups is 1. The lowest BCUT2D eigenvalue weighted by atomic mass is 9.93. The van der Waals surface area contributed by atoms with Crippen LogP contribution in [0.4, 0.5) is 0 Å². The molecular weight excluding hydrogens is 582 g/mol. The van der Waals surface area contributed by atoms with Gasteiger partial charge in [-0.05, 0) is 61.9 Å². The van der Waals surface area contributed by atoms with Crippen molar-refractivity contribution < 1.29 is 33.3 Å². The molecule has 10 nitrogen and oxygen atoms in total. The molecule has 3 aliphatic rings. The number of fused-ring (bicyclic) bond motifs is 1. The summed E-state index contributed by atoms with van der Waals surface area (Å²) in [6.07, 6.45) is 1.52. The Bertz CT molecular complexity index is 1470. The highest BCUT2D eigenvalue weighted by Gasteiger charge is 2.42. The summed E-state index contributed by atoms with van der Waals surface area (Å²) >= 11 is 1.41. The molecule has 0 N–H and O–H groups in total. The molecule has 0 aromatic heterocycles. The molecule has 2 atom stereocenters. The zero-order valence-corrected chi connectivity index (χ0v) is 26.0. The van der Waals surface area contributed by atoms with Gasteiger partial charge >= 0.3 is 11.9 Å². The second-order valence-electron chi connectivity index (χ2n) is 10.6. The fourth-order valence-electron chi connectivity index (χ4n) is 5.54.